The first-order chi connectivity index (χ1) is 12.9. The van der Waals surface area contributed by atoms with Gasteiger partial charge in [-0.1, -0.05) is 25.1 Å². The predicted molar refractivity (Wildman–Crippen MR) is 117 cm³/mol. The number of hydrogen-bond acceptors (Lipinski definition) is 3. The molecule has 1 aromatic carbocycles. The number of rotatable bonds is 11. The van der Waals surface area contributed by atoms with E-state index < -0.39 is 11.7 Å². The Morgan fingerprint density at radius 2 is 1.93 bits per heavy atom. The summed E-state index contributed by atoms with van der Waals surface area (Å²) < 4.78 is 48.8. The van der Waals surface area contributed by atoms with Crippen LogP contribution < -0.4 is 10.6 Å². The fourth-order valence-electron chi connectivity index (χ4n) is 2.39. The Kier molecular flexibility index (Phi) is 14.3. The number of nitrogens with zero attached hydrogens (tertiary/aromatic N) is 1. The van der Waals surface area contributed by atoms with Crippen LogP contribution in [0.1, 0.15) is 37.3 Å². The largest absolute Gasteiger partial charge is 0.416 e. The lowest BCUT2D eigenvalue weighted by Crippen LogP contribution is -2.39. The highest BCUT2D eigenvalue weighted by atomic mass is 127. The van der Waals surface area contributed by atoms with Gasteiger partial charge >= 0.3 is 6.18 Å². The Morgan fingerprint density at radius 3 is 2.57 bits per heavy atom. The number of hydrogen-bond donors (Lipinski definition) is 2. The molecule has 0 aromatic heterocycles. The molecule has 0 radical (unpaired) electrons. The lowest BCUT2D eigenvalue weighted by atomic mass is 9.96. The zero-order chi connectivity index (χ0) is 20.1. The van der Waals surface area contributed by atoms with Crippen LogP contribution in [-0.2, 0) is 15.7 Å². The number of benzene rings is 1. The summed E-state index contributed by atoms with van der Waals surface area (Å²) in [6.07, 6.45) is -3.66. The van der Waals surface area contributed by atoms with Crippen LogP contribution in [0.25, 0.3) is 0 Å². The summed E-state index contributed by atoms with van der Waals surface area (Å²) in [6, 6.07) is 5.49. The van der Waals surface area contributed by atoms with Crippen LogP contribution in [-0.4, -0.2) is 52.5 Å². The molecule has 1 atom stereocenters. The highest BCUT2D eigenvalue weighted by molar-refractivity contribution is 14.0. The van der Waals surface area contributed by atoms with Gasteiger partial charge in [0.25, 0.3) is 0 Å². The van der Waals surface area contributed by atoms with Crippen molar-refractivity contribution in [1.29, 1.82) is 0 Å². The molecule has 0 spiro atoms. The van der Waals surface area contributed by atoms with Crippen LogP contribution in [0.4, 0.5) is 13.2 Å². The first kappa shape index (κ1) is 26.9. The molecule has 0 heterocycles. The maximum atomic E-state index is 12.8. The molecule has 0 aliphatic carbocycles. The molecule has 0 saturated heterocycles. The SMILES string of the molecule is CCNC(=NCCC(C)c1cccc(C(F)(F)F)c1)NCCOCCOC.I. The third kappa shape index (κ3) is 11.1. The van der Waals surface area contributed by atoms with Crippen LogP contribution >= 0.6 is 24.0 Å². The topological polar surface area (TPSA) is 54.9 Å². The van der Waals surface area contributed by atoms with Gasteiger partial charge in [-0.3, -0.25) is 4.99 Å². The quantitative estimate of drug-likeness (QED) is 0.202. The monoisotopic (exact) mass is 517 g/mol. The molecule has 9 heteroatoms. The molecule has 2 N–H and O–H groups in total. The average molecular weight is 517 g/mol. The summed E-state index contributed by atoms with van der Waals surface area (Å²) in [4.78, 5) is 4.48. The van der Waals surface area contributed by atoms with E-state index in [-0.39, 0.29) is 29.9 Å². The predicted octanol–water partition coefficient (Wildman–Crippen LogP) is 4.04. The molecular formula is C19H31F3IN3O2. The summed E-state index contributed by atoms with van der Waals surface area (Å²) in [5, 5.41) is 6.30. The third-order valence-corrected chi connectivity index (χ3v) is 3.93. The standard InChI is InChI=1S/C19H30F3N3O2.HI/c1-4-23-18(25-10-11-27-13-12-26-3)24-9-8-15(2)16-6-5-7-17(14-16)19(20,21)22;/h5-7,14-15H,4,8-13H2,1-3H3,(H2,23,24,25);1H. The second-order valence-electron chi connectivity index (χ2n) is 6.11. The molecule has 0 bridgehead atoms. The third-order valence-electron chi connectivity index (χ3n) is 3.93. The molecule has 1 rings (SSSR count). The minimum atomic E-state index is -4.32. The number of halogens is 4. The molecule has 28 heavy (non-hydrogen) atoms. The molecular weight excluding hydrogens is 486 g/mol. The minimum absolute atomic E-state index is 0. The van der Waals surface area contributed by atoms with Crippen LogP contribution in [0.5, 0.6) is 0 Å². The van der Waals surface area contributed by atoms with E-state index in [1.807, 2.05) is 13.8 Å². The molecule has 0 aliphatic rings. The van der Waals surface area contributed by atoms with E-state index in [1.54, 1.807) is 13.2 Å². The zero-order valence-electron chi connectivity index (χ0n) is 16.6. The van der Waals surface area contributed by atoms with Crippen molar-refractivity contribution in [2.45, 2.75) is 32.4 Å². The first-order valence-corrected chi connectivity index (χ1v) is 9.14. The van der Waals surface area contributed by atoms with E-state index >= 15 is 0 Å². The minimum Gasteiger partial charge on any atom is -0.382 e. The Morgan fingerprint density at radius 1 is 1.18 bits per heavy atom. The van der Waals surface area contributed by atoms with Crippen LogP contribution in [0.15, 0.2) is 29.3 Å². The second kappa shape index (κ2) is 14.9. The maximum absolute atomic E-state index is 12.8. The van der Waals surface area contributed by atoms with Gasteiger partial charge in [0.1, 0.15) is 0 Å². The highest BCUT2D eigenvalue weighted by Crippen LogP contribution is 2.31. The summed E-state index contributed by atoms with van der Waals surface area (Å²) in [7, 11) is 1.62. The second-order valence-corrected chi connectivity index (χ2v) is 6.11. The molecule has 5 nitrogen and oxygen atoms in total. The van der Waals surface area contributed by atoms with Crippen LogP contribution in [0.2, 0.25) is 0 Å². The summed E-state index contributed by atoms with van der Waals surface area (Å²) in [5.74, 6) is 0.653. The first-order valence-electron chi connectivity index (χ1n) is 9.14. The molecule has 0 amide bonds. The van der Waals surface area contributed by atoms with E-state index in [2.05, 4.69) is 15.6 Å². The number of ether oxygens (including phenoxy) is 2. The fraction of sp³-hybridized carbons (Fsp3) is 0.632. The summed E-state index contributed by atoms with van der Waals surface area (Å²) in [5.41, 5.74) is 0.0587. The van der Waals surface area contributed by atoms with Crippen molar-refractivity contribution in [3.63, 3.8) is 0 Å². The van der Waals surface area contributed by atoms with Crippen molar-refractivity contribution in [3.05, 3.63) is 35.4 Å². The van der Waals surface area contributed by atoms with Crippen molar-refractivity contribution in [1.82, 2.24) is 10.6 Å². The number of nitrogens with one attached hydrogen (secondary N) is 2. The number of methoxy groups -OCH3 is 1. The normalized spacial score (nSPS) is 13.0. The van der Waals surface area contributed by atoms with Gasteiger partial charge < -0.3 is 20.1 Å². The Hall–Kier alpha value is -1.07. The van der Waals surface area contributed by atoms with E-state index in [9.17, 15) is 13.2 Å². The molecule has 0 saturated carbocycles. The maximum Gasteiger partial charge on any atom is 0.416 e. The van der Waals surface area contributed by atoms with E-state index in [4.69, 9.17) is 9.47 Å². The van der Waals surface area contributed by atoms with Gasteiger partial charge in [-0.2, -0.15) is 13.2 Å². The zero-order valence-corrected chi connectivity index (χ0v) is 19.0. The smallest absolute Gasteiger partial charge is 0.382 e. The molecule has 1 unspecified atom stereocenters. The van der Waals surface area contributed by atoms with Gasteiger partial charge in [-0.05, 0) is 30.9 Å². The van der Waals surface area contributed by atoms with Crippen molar-refractivity contribution in [2.75, 3.05) is 46.6 Å². The Balaban J connectivity index is 0.00000729. The highest BCUT2D eigenvalue weighted by Gasteiger charge is 2.30. The lowest BCUT2D eigenvalue weighted by molar-refractivity contribution is -0.137. The van der Waals surface area contributed by atoms with Gasteiger partial charge in [0.2, 0.25) is 0 Å². The molecule has 0 fully saturated rings. The van der Waals surface area contributed by atoms with E-state index in [0.717, 1.165) is 12.6 Å². The average Bonchev–Trinajstić information content (AvgIpc) is 2.63. The van der Waals surface area contributed by atoms with Gasteiger partial charge in [-0.25, -0.2) is 0 Å². The van der Waals surface area contributed by atoms with E-state index in [0.29, 0.717) is 50.9 Å². The van der Waals surface area contributed by atoms with Crippen molar-refractivity contribution >= 4 is 29.9 Å². The van der Waals surface area contributed by atoms with Gasteiger partial charge in [0.15, 0.2) is 5.96 Å². The number of aliphatic imine (C=N–C) groups is 1. The summed E-state index contributed by atoms with van der Waals surface area (Å²) in [6.45, 7) is 7.36. The number of guanidine groups is 1. The van der Waals surface area contributed by atoms with Crippen molar-refractivity contribution < 1.29 is 22.6 Å². The van der Waals surface area contributed by atoms with Gasteiger partial charge in [0, 0.05) is 26.7 Å². The Bertz CT molecular complexity index is 572. The number of alkyl halides is 3. The molecule has 1 aromatic rings. The fourth-order valence-corrected chi connectivity index (χ4v) is 2.39. The molecule has 162 valence electrons. The summed E-state index contributed by atoms with van der Waals surface area (Å²) >= 11 is 0. The van der Waals surface area contributed by atoms with Gasteiger partial charge in [-0.15, -0.1) is 24.0 Å². The van der Waals surface area contributed by atoms with Crippen molar-refractivity contribution in [3.8, 4) is 0 Å². The Labute approximate surface area is 182 Å². The van der Waals surface area contributed by atoms with Crippen molar-refractivity contribution in [2.24, 2.45) is 4.99 Å². The molecule has 0 aliphatic heterocycles. The van der Waals surface area contributed by atoms with Crippen LogP contribution in [0.3, 0.4) is 0 Å². The van der Waals surface area contributed by atoms with E-state index in [1.165, 1.54) is 12.1 Å². The van der Waals surface area contributed by atoms with Gasteiger partial charge in [0.05, 0.1) is 25.4 Å². The van der Waals surface area contributed by atoms with Crippen LogP contribution in [0, 0.1) is 0 Å². The lowest BCUT2D eigenvalue weighted by Gasteiger charge is -2.15.